The average Bonchev–Trinajstić information content (AvgIpc) is 3.32. The molecule has 1 heterocycles. The highest BCUT2D eigenvalue weighted by Crippen LogP contribution is 2.24. The van der Waals surface area contributed by atoms with Crippen LogP contribution in [0.15, 0.2) is 60.7 Å². The Morgan fingerprint density at radius 1 is 1.09 bits per heavy atom. The third-order valence-electron chi connectivity index (χ3n) is 5.64. The molecule has 0 aliphatic carbocycles. The van der Waals surface area contributed by atoms with Crippen molar-refractivity contribution in [1.82, 2.24) is 14.5 Å². The van der Waals surface area contributed by atoms with E-state index in [1.807, 2.05) is 48.5 Å². The second-order valence-corrected chi connectivity index (χ2v) is 10.3. The number of hydrogen-bond donors (Lipinski definition) is 1. The van der Waals surface area contributed by atoms with Crippen molar-refractivity contribution in [2.75, 3.05) is 33.0 Å². The van der Waals surface area contributed by atoms with E-state index in [2.05, 4.69) is 5.32 Å². The van der Waals surface area contributed by atoms with Crippen LogP contribution in [0.5, 0.6) is 0 Å². The number of carbonyl (C=O) groups is 2. The van der Waals surface area contributed by atoms with Gasteiger partial charge in [-0.1, -0.05) is 60.7 Å². The molecule has 2 aromatic rings. The van der Waals surface area contributed by atoms with Gasteiger partial charge in [0.25, 0.3) is 0 Å². The largest absolute Gasteiger partial charge is 0.376 e. The Bertz CT molecular complexity index is 1020. The summed E-state index contributed by atoms with van der Waals surface area (Å²) in [5.74, 6) is -0.795. The molecule has 1 aliphatic rings. The third kappa shape index (κ3) is 7.12. The molecule has 0 saturated carbocycles. The molecule has 0 spiro atoms. The number of sulfonamides is 1. The van der Waals surface area contributed by atoms with Gasteiger partial charge in [0.15, 0.2) is 0 Å². The quantitative estimate of drug-likeness (QED) is 0.569. The van der Waals surface area contributed by atoms with Crippen LogP contribution in [0.2, 0.25) is 0 Å². The monoisotopic (exact) mass is 473 g/mol. The number of nitrogens with zero attached hydrogens (tertiary/aromatic N) is 2. The van der Waals surface area contributed by atoms with Gasteiger partial charge in [0.2, 0.25) is 21.8 Å². The summed E-state index contributed by atoms with van der Waals surface area (Å²) < 4.78 is 30.5. The zero-order chi connectivity index (χ0) is 23.8. The van der Waals surface area contributed by atoms with E-state index in [1.165, 1.54) is 11.9 Å². The molecule has 9 heteroatoms. The van der Waals surface area contributed by atoms with Gasteiger partial charge < -0.3 is 15.0 Å². The summed E-state index contributed by atoms with van der Waals surface area (Å²) >= 11 is 0. The van der Waals surface area contributed by atoms with Gasteiger partial charge in [-0.15, -0.1) is 0 Å². The van der Waals surface area contributed by atoms with Crippen molar-refractivity contribution in [3.63, 3.8) is 0 Å². The first-order chi connectivity index (χ1) is 15.8. The molecule has 1 fully saturated rings. The lowest BCUT2D eigenvalue weighted by Gasteiger charge is -2.33. The highest BCUT2D eigenvalue weighted by molar-refractivity contribution is 7.88. The molecule has 2 amide bonds. The topological polar surface area (TPSA) is 96.0 Å². The van der Waals surface area contributed by atoms with E-state index in [1.54, 1.807) is 12.1 Å². The second-order valence-electron chi connectivity index (χ2n) is 8.22. The summed E-state index contributed by atoms with van der Waals surface area (Å²) in [4.78, 5) is 28.3. The van der Waals surface area contributed by atoms with Crippen molar-refractivity contribution in [3.8, 4) is 0 Å². The van der Waals surface area contributed by atoms with E-state index in [9.17, 15) is 18.0 Å². The smallest absolute Gasteiger partial charge is 0.247 e. The van der Waals surface area contributed by atoms with E-state index in [0.717, 1.165) is 29.0 Å². The Balaban J connectivity index is 1.92. The van der Waals surface area contributed by atoms with Gasteiger partial charge >= 0.3 is 0 Å². The lowest BCUT2D eigenvalue weighted by Crippen LogP contribution is -2.48. The SMILES string of the molecule is CN(CC(=O)N(Cc1ccccc1)C(C(=O)NCC1CCCO1)c1ccccc1)S(C)(=O)=O. The first-order valence-electron chi connectivity index (χ1n) is 10.9. The second kappa shape index (κ2) is 11.4. The van der Waals surface area contributed by atoms with Crippen LogP contribution in [0.4, 0.5) is 0 Å². The molecule has 33 heavy (non-hydrogen) atoms. The van der Waals surface area contributed by atoms with Crippen LogP contribution in [0, 0.1) is 0 Å². The fourth-order valence-electron chi connectivity index (χ4n) is 3.73. The number of hydrogen-bond acceptors (Lipinski definition) is 5. The molecule has 2 aromatic carbocycles. The van der Waals surface area contributed by atoms with Gasteiger partial charge in [0.05, 0.1) is 18.9 Å². The molecule has 3 rings (SSSR count). The zero-order valence-electron chi connectivity index (χ0n) is 19.0. The molecule has 1 aliphatic heterocycles. The predicted octanol–water partition coefficient (Wildman–Crippen LogP) is 1.94. The first kappa shape index (κ1) is 24.9. The molecule has 8 nitrogen and oxygen atoms in total. The summed E-state index contributed by atoms with van der Waals surface area (Å²) in [6.07, 6.45) is 2.84. The van der Waals surface area contributed by atoms with Gasteiger partial charge in [0.1, 0.15) is 6.04 Å². The molecular weight excluding hydrogens is 442 g/mol. The minimum absolute atomic E-state index is 0.0417. The molecule has 1 saturated heterocycles. The van der Waals surface area contributed by atoms with Crippen LogP contribution in [-0.4, -0.2) is 68.5 Å². The predicted molar refractivity (Wildman–Crippen MR) is 126 cm³/mol. The molecule has 0 radical (unpaired) electrons. The van der Waals surface area contributed by atoms with Gasteiger partial charge in [-0.05, 0) is 24.0 Å². The summed E-state index contributed by atoms with van der Waals surface area (Å²) in [7, 11) is -2.22. The van der Waals surface area contributed by atoms with Crippen LogP contribution >= 0.6 is 0 Å². The van der Waals surface area contributed by atoms with Gasteiger partial charge in [-0.3, -0.25) is 9.59 Å². The van der Waals surface area contributed by atoms with E-state index in [0.29, 0.717) is 18.7 Å². The Morgan fingerprint density at radius 2 is 1.73 bits per heavy atom. The van der Waals surface area contributed by atoms with Gasteiger partial charge in [-0.2, -0.15) is 4.31 Å². The molecule has 0 aromatic heterocycles. The molecule has 2 unspecified atom stereocenters. The van der Waals surface area contributed by atoms with E-state index in [4.69, 9.17) is 4.74 Å². The number of carbonyl (C=O) groups excluding carboxylic acids is 2. The van der Waals surface area contributed by atoms with Gasteiger partial charge in [-0.25, -0.2) is 8.42 Å². The van der Waals surface area contributed by atoms with Crippen molar-refractivity contribution in [2.45, 2.75) is 31.5 Å². The molecule has 0 bridgehead atoms. The highest BCUT2D eigenvalue weighted by atomic mass is 32.2. The Kier molecular flexibility index (Phi) is 8.60. The van der Waals surface area contributed by atoms with Crippen LogP contribution in [0.25, 0.3) is 0 Å². The summed E-state index contributed by atoms with van der Waals surface area (Å²) in [6.45, 7) is 0.829. The maximum Gasteiger partial charge on any atom is 0.247 e. The first-order valence-corrected chi connectivity index (χ1v) is 12.8. The van der Waals surface area contributed by atoms with Crippen molar-refractivity contribution in [1.29, 1.82) is 0 Å². The fraction of sp³-hybridized carbons (Fsp3) is 0.417. The minimum atomic E-state index is -3.57. The highest BCUT2D eigenvalue weighted by Gasteiger charge is 2.33. The normalized spacial score (nSPS) is 17.0. The summed E-state index contributed by atoms with van der Waals surface area (Å²) in [5, 5.41) is 2.94. The number of benzene rings is 2. The Hall–Kier alpha value is -2.75. The number of nitrogens with one attached hydrogen (secondary N) is 1. The lowest BCUT2D eigenvalue weighted by molar-refractivity contribution is -0.141. The van der Waals surface area contributed by atoms with E-state index >= 15 is 0 Å². The average molecular weight is 474 g/mol. The van der Waals surface area contributed by atoms with E-state index in [-0.39, 0.29) is 25.1 Å². The van der Waals surface area contributed by atoms with E-state index < -0.39 is 22.0 Å². The van der Waals surface area contributed by atoms with Crippen LogP contribution in [0.1, 0.15) is 30.0 Å². The molecule has 2 atom stereocenters. The maximum absolute atomic E-state index is 13.4. The summed E-state index contributed by atoms with van der Waals surface area (Å²) in [5.41, 5.74) is 1.48. The number of likely N-dealkylation sites (N-methyl/N-ethyl adjacent to an activating group) is 1. The minimum Gasteiger partial charge on any atom is -0.376 e. The molecular formula is C24H31N3O5S. The van der Waals surface area contributed by atoms with Crippen molar-refractivity contribution in [2.24, 2.45) is 0 Å². The summed E-state index contributed by atoms with van der Waals surface area (Å²) in [6, 6.07) is 17.4. The van der Waals surface area contributed by atoms with Crippen molar-refractivity contribution >= 4 is 21.8 Å². The Labute approximate surface area is 195 Å². The van der Waals surface area contributed by atoms with Crippen molar-refractivity contribution < 1.29 is 22.7 Å². The fourth-order valence-corrected chi connectivity index (χ4v) is 4.07. The molecule has 178 valence electrons. The lowest BCUT2D eigenvalue weighted by atomic mass is 10.0. The van der Waals surface area contributed by atoms with Crippen LogP contribution < -0.4 is 5.32 Å². The standard InChI is InChI=1S/C24H31N3O5S/c1-26(33(2,30)31)18-22(28)27(17-19-10-5-3-6-11-19)23(20-12-7-4-8-13-20)24(29)25-16-21-14-9-15-32-21/h3-8,10-13,21,23H,9,14-18H2,1-2H3,(H,25,29). The number of amides is 2. The van der Waals surface area contributed by atoms with Crippen LogP contribution in [0.3, 0.4) is 0 Å². The maximum atomic E-state index is 13.4. The molecule has 1 N–H and O–H groups in total. The van der Waals surface area contributed by atoms with Crippen molar-refractivity contribution in [3.05, 3.63) is 71.8 Å². The Morgan fingerprint density at radius 3 is 2.30 bits per heavy atom. The number of ether oxygens (including phenoxy) is 1. The van der Waals surface area contributed by atoms with Gasteiger partial charge in [0, 0.05) is 26.7 Å². The number of rotatable bonds is 10. The van der Waals surface area contributed by atoms with Crippen LogP contribution in [-0.2, 0) is 30.9 Å². The zero-order valence-corrected chi connectivity index (χ0v) is 19.8. The third-order valence-corrected chi connectivity index (χ3v) is 6.90.